The van der Waals surface area contributed by atoms with Crippen molar-refractivity contribution in [3.05, 3.63) is 142 Å². The number of amides is 5. The number of aromatic hydroxyl groups is 2. The fraction of sp³-hybridized carbons (Fsp3) is 0.116. The maximum absolute atomic E-state index is 13.6. The number of benzene rings is 5. The Kier molecular flexibility index (Phi) is 14.0. The van der Waals surface area contributed by atoms with Crippen molar-refractivity contribution in [2.45, 2.75) is 16.5 Å². The number of aromatic carboxylic acids is 1. The van der Waals surface area contributed by atoms with Gasteiger partial charge in [0.25, 0.3) is 11.8 Å². The first-order valence-electron chi connectivity index (χ1n) is 19.5. The molecule has 5 aromatic carbocycles. The Morgan fingerprint density at radius 2 is 1.20 bits per heavy atom. The van der Waals surface area contributed by atoms with Gasteiger partial charge >= 0.3 is 138 Å². The molecule has 1 aliphatic heterocycles. The van der Waals surface area contributed by atoms with E-state index < -0.39 is 74.1 Å². The first kappa shape index (κ1) is 45.5. The summed E-state index contributed by atoms with van der Waals surface area (Å²) in [6, 6.07) is 22.7. The standard InChI is InChI=1S/C43H37N11O11.Sn/c1-64-36-31(17-15-29(34(36)55)41(60)50-32-18-16-30(43(62)63)35(56)37(32)65-2)49-39(58)24-9-13-27(14-10-24)48-42(61)33(19-28-21-46-54-52-28)51-40(59)25-7-11-26(12-8-25)47-38(57)23-5-3-22(4-6-23)20-45-53-44;/h3-18,20-21,33H,19H2,1-2H3,(H10-,44,45,46,47,48,49,50,51,52,54,55,56,57,58,59,60,61,62,63);/q-1;+1/t33-;/m0./s1. The summed E-state index contributed by atoms with van der Waals surface area (Å²) in [5.41, 5.74) is 2.05. The summed E-state index contributed by atoms with van der Waals surface area (Å²) in [5.74, 6) is -6.42. The predicted octanol–water partition coefficient (Wildman–Crippen LogP) is 4.26. The van der Waals surface area contributed by atoms with Crippen LogP contribution in [0.15, 0.2) is 114 Å². The van der Waals surface area contributed by atoms with Crippen molar-refractivity contribution in [1.82, 2.24) is 24.4 Å². The number of phenolic OH excluding ortho intramolecular Hbond substituents is 1. The van der Waals surface area contributed by atoms with Crippen molar-refractivity contribution in [3.63, 3.8) is 0 Å². The fourth-order valence-corrected chi connectivity index (χ4v) is 8.52. The molecule has 2 radical (unpaired) electrons. The summed E-state index contributed by atoms with van der Waals surface area (Å²) in [5, 5.41) is 62.2. The first-order chi connectivity index (χ1) is 31.8. The van der Waals surface area contributed by atoms with Gasteiger partial charge in [-0.3, -0.25) is 19.2 Å². The molecule has 6 aromatic rings. The molecule has 0 bridgehead atoms. The fourth-order valence-electron chi connectivity index (χ4n) is 6.49. The van der Waals surface area contributed by atoms with E-state index in [1.807, 2.05) is 12.1 Å². The number of rotatable bonds is 16. The zero-order valence-electron chi connectivity index (χ0n) is 34.6. The third kappa shape index (κ3) is 10.4. The van der Waals surface area contributed by atoms with Crippen LogP contribution in [0.4, 0.5) is 22.7 Å². The van der Waals surface area contributed by atoms with Crippen LogP contribution >= 0.6 is 0 Å². The van der Waals surface area contributed by atoms with Gasteiger partial charge in [0, 0.05) is 17.7 Å². The molecule has 0 fully saturated rings. The number of anilines is 4. The molecule has 1 unspecified atom stereocenters. The Bertz CT molecular complexity index is 2840. The smallest absolute Gasteiger partial charge is 0.339 e. The van der Waals surface area contributed by atoms with Gasteiger partial charge in [-0.2, -0.15) is 15.4 Å². The molecule has 0 saturated carbocycles. The molecule has 334 valence electrons. The van der Waals surface area contributed by atoms with Crippen molar-refractivity contribution in [2.75, 3.05) is 35.5 Å². The number of carboxylic acid groups (broad SMARTS) is 1. The monoisotopic (exact) mass is 1000 g/mol. The summed E-state index contributed by atoms with van der Waals surface area (Å²) in [7, 11) is 2.37. The van der Waals surface area contributed by atoms with Gasteiger partial charge in [-0.05, 0) is 48.5 Å². The van der Waals surface area contributed by atoms with Crippen LogP contribution in [0.2, 0.25) is 0 Å². The van der Waals surface area contributed by atoms with Gasteiger partial charge in [0.2, 0.25) is 5.91 Å². The van der Waals surface area contributed by atoms with Gasteiger partial charge in [-0.15, -0.1) is 0 Å². The van der Waals surface area contributed by atoms with Gasteiger partial charge in [-0.1, -0.05) is 0 Å². The second-order valence-electron chi connectivity index (χ2n) is 14.1. The summed E-state index contributed by atoms with van der Waals surface area (Å²) in [4.78, 5) is 77.8. The van der Waals surface area contributed by atoms with Crippen molar-refractivity contribution < 1.29 is 53.6 Å². The maximum Gasteiger partial charge on any atom is 0.339 e. The third-order valence-electron chi connectivity index (χ3n) is 9.88. The summed E-state index contributed by atoms with van der Waals surface area (Å²) in [6.45, 7) is 0. The van der Waals surface area contributed by atoms with E-state index in [-0.39, 0.29) is 61.6 Å². The second-order valence-corrected chi connectivity index (χ2v) is 17.1. The number of nitrogens with one attached hydrogen (secondary N) is 7. The number of nitrogens with zero attached hydrogens (tertiary/aromatic N) is 4. The van der Waals surface area contributed by atoms with Crippen molar-refractivity contribution in [2.24, 2.45) is 10.3 Å². The van der Waals surface area contributed by atoms with Crippen molar-refractivity contribution in [1.29, 1.82) is 0 Å². The molecule has 7 rings (SSSR count). The number of carbonyl (C=O) groups is 6. The molecule has 5 amide bonds. The van der Waals surface area contributed by atoms with Crippen LogP contribution in [0.5, 0.6) is 23.0 Å². The quantitative estimate of drug-likeness (QED) is 0.0607. The van der Waals surface area contributed by atoms with E-state index >= 15 is 0 Å². The molecule has 2 atom stereocenters. The molecule has 0 saturated heterocycles. The molecular formula is C43H37N11O11Sn. The van der Waals surface area contributed by atoms with Crippen LogP contribution < -0.4 is 39.7 Å². The van der Waals surface area contributed by atoms with Crippen molar-refractivity contribution in [3.8, 4) is 23.0 Å². The average Bonchev–Trinajstić information content (AvgIpc) is 4.05. The predicted molar refractivity (Wildman–Crippen MR) is 236 cm³/mol. The summed E-state index contributed by atoms with van der Waals surface area (Å²) < 4.78 is 13.4. The molecule has 2 heterocycles. The van der Waals surface area contributed by atoms with E-state index in [0.29, 0.717) is 16.9 Å². The van der Waals surface area contributed by atoms with Crippen LogP contribution in [0.3, 0.4) is 0 Å². The van der Waals surface area contributed by atoms with Crippen LogP contribution in [0.25, 0.3) is 0 Å². The van der Waals surface area contributed by atoms with Gasteiger partial charge in [0.05, 0.1) is 43.0 Å². The largest absolute Gasteiger partial charge is 0.504 e. The number of hydrogen-bond donors (Lipinski definition) is 10. The average molecular weight is 1000 g/mol. The van der Waals surface area contributed by atoms with Crippen LogP contribution in [0.1, 0.15) is 67.1 Å². The molecular weight excluding hydrogens is 965 g/mol. The number of hydrogen-bond acceptors (Lipinski definition) is 15. The van der Waals surface area contributed by atoms with E-state index in [9.17, 15) is 44.1 Å². The Hall–Kier alpha value is -8.54. The molecule has 66 heavy (non-hydrogen) atoms. The Labute approximate surface area is 383 Å². The first-order valence-corrected chi connectivity index (χ1v) is 22.5. The number of carboxylic acids is 1. The van der Waals surface area contributed by atoms with Gasteiger partial charge in [-0.25, -0.2) is 4.79 Å². The minimum Gasteiger partial charge on any atom is -0.504 e. The second kappa shape index (κ2) is 20.3. The topological polar surface area (TPSA) is 320 Å². The number of methoxy groups -OCH3 is 2. The molecule has 23 heteroatoms. The molecule has 22 nitrogen and oxygen atoms in total. The number of aromatic nitrogens is 3. The molecule has 1 aromatic heterocycles. The third-order valence-corrected chi connectivity index (χ3v) is 12.6. The Balaban J connectivity index is 0.967. The van der Waals surface area contributed by atoms with Crippen LogP contribution in [0, 0.1) is 0 Å². The zero-order valence-corrected chi connectivity index (χ0v) is 37.4. The summed E-state index contributed by atoms with van der Waals surface area (Å²) >= 11 is -0.966. The van der Waals surface area contributed by atoms with E-state index in [2.05, 4.69) is 56.0 Å². The number of phenols is 2. The maximum atomic E-state index is 13.6. The summed E-state index contributed by atoms with van der Waals surface area (Å²) in [6.07, 6.45) is 1.38. The minimum absolute atomic E-state index is 0.00486. The number of aromatic amines is 1. The van der Waals surface area contributed by atoms with E-state index in [1.165, 1.54) is 75.0 Å². The molecule has 0 aliphatic carbocycles. The van der Waals surface area contributed by atoms with Gasteiger partial charge in [0.1, 0.15) is 11.6 Å². The van der Waals surface area contributed by atoms with Crippen molar-refractivity contribution >= 4 is 79.7 Å². The molecule has 0 spiro atoms. The molecule has 10 N–H and O–H groups in total. The number of carbonyl (C=O) groups excluding carboxylic acids is 5. The van der Waals surface area contributed by atoms with Gasteiger partial charge < -0.3 is 46.1 Å². The number of H-pyrrole nitrogens is 1. The van der Waals surface area contributed by atoms with Gasteiger partial charge in [0.15, 0.2) is 23.0 Å². The zero-order chi connectivity index (χ0) is 46.9. The van der Waals surface area contributed by atoms with Crippen LogP contribution in [-0.4, -0.2) is 108 Å². The normalized spacial score (nSPS) is 13.1. The van der Waals surface area contributed by atoms with Crippen LogP contribution in [-0.2, 0) is 11.2 Å². The molecule has 1 aliphatic rings. The SMILES string of the molecule is COc1c(NC(=O)c2ccc(NC(=O)c3ccc(NC(=O)[C@H](Cc4cn[nH]n4)NC(=O)c4ccc(NC(=O)c5ccc([CH]6N=N[NH][Sn]6)cc5)cc4)cc3)c(OC)c2O)ccc(C(=O)O)c1O. The van der Waals surface area contributed by atoms with E-state index in [4.69, 9.17) is 9.47 Å². The van der Waals surface area contributed by atoms with E-state index in [0.717, 1.165) is 11.6 Å². The number of ether oxygens (including phenoxy) is 2. The Morgan fingerprint density at radius 1 is 0.667 bits per heavy atom. The Morgan fingerprint density at radius 3 is 1.74 bits per heavy atom. The van der Waals surface area contributed by atoms with E-state index in [1.54, 1.807) is 24.3 Å². The minimum atomic E-state index is -1.42.